The Morgan fingerprint density at radius 3 is 2.93 bits per heavy atom. The number of benzene rings is 1. The Bertz CT molecular complexity index is 384. The molecule has 2 rings (SSSR count). The minimum atomic E-state index is 0.101. The van der Waals surface area contributed by atoms with E-state index in [-0.39, 0.29) is 11.9 Å². The molecule has 1 unspecified atom stereocenters. The second-order valence-corrected chi connectivity index (χ2v) is 4.21. The van der Waals surface area contributed by atoms with Crippen molar-refractivity contribution in [1.29, 1.82) is 0 Å². The fraction of sp³-hybridized carbons (Fsp3) is 0.462. The highest BCUT2D eigenvalue weighted by molar-refractivity contribution is 6.00. The van der Waals surface area contributed by atoms with Gasteiger partial charge in [-0.05, 0) is 24.5 Å². The van der Waals surface area contributed by atoms with Crippen LogP contribution in [0.5, 0.6) is 0 Å². The minimum absolute atomic E-state index is 0.101. The first-order valence-corrected chi connectivity index (χ1v) is 5.64. The van der Waals surface area contributed by atoms with Crippen LogP contribution in [0.4, 0.5) is 0 Å². The number of amides is 1. The predicted octanol–water partition coefficient (Wildman–Crippen LogP) is 2.97. The lowest BCUT2D eigenvalue weighted by Gasteiger charge is -2.10. The fourth-order valence-corrected chi connectivity index (χ4v) is 2.24. The summed E-state index contributed by atoms with van der Waals surface area (Å²) in [6.07, 6.45) is 3.39. The first kappa shape index (κ1) is 10.2. The monoisotopic (exact) mass is 203 g/mol. The Balaban J connectivity index is 2.30. The van der Waals surface area contributed by atoms with Crippen molar-refractivity contribution >= 4 is 5.91 Å². The lowest BCUT2D eigenvalue weighted by atomic mass is 9.97. The third kappa shape index (κ3) is 1.76. The molecule has 1 aliphatic rings. The highest BCUT2D eigenvalue weighted by Gasteiger charge is 2.28. The third-order valence-electron chi connectivity index (χ3n) is 3.06. The molecule has 80 valence electrons. The normalized spacial score (nSPS) is 18.8. The summed E-state index contributed by atoms with van der Waals surface area (Å²) in [6.45, 7) is 4.18. The molecular formula is C13H17NO. The smallest absolute Gasteiger partial charge is 0.252 e. The van der Waals surface area contributed by atoms with Gasteiger partial charge in [-0.3, -0.25) is 4.79 Å². The van der Waals surface area contributed by atoms with E-state index in [9.17, 15) is 4.79 Å². The molecule has 15 heavy (non-hydrogen) atoms. The van der Waals surface area contributed by atoms with Gasteiger partial charge in [0, 0.05) is 5.56 Å². The molecule has 0 aliphatic carbocycles. The van der Waals surface area contributed by atoms with E-state index < -0.39 is 0 Å². The SMILES string of the molecule is CCCCC1NC(=O)c2c(C)cccc21. The molecule has 0 aromatic heterocycles. The number of nitrogens with one attached hydrogen (secondary N) is 1. The van der Waals surface area contributed by atoms with Gasteiger partial charge in [0.05, 0.1) is 6.04 Å². The van der Waals surface area contributed by atoms with Gasteiger partial charge in [-0.2, -0.15) is 0 Å². The number of carbonyl (C=O) groups is 1. The molecule has 0 saturated heterocycles. The zero-order valence-electron chi connectivity index (χ0n) is 9.34. The van der Waals surface area contributed by atoms with Gasteiger partial charge in [-0.15, -0.1) is 0 Å². The highest BCUT2D eigenvalue weighted by atomic mass is 16.2. The lowest BCUT2D eigenvalue weighted by molar-refractivity contribution is 0.0954. The molecule has 2 nitrogen and oxygen atoms in total. The van der Waals surface area contributed by atoms with Gasteiger partial charge >= 0.3 is 0 Å². The van der Waals surface area contributed by atoms with Crippen molar-refractivity contribution in [2.75, 3.05) is 0 Å². The van der Waals surface area contributed by atoms with Gasteiger partial charge in [-0.1, -0.05) is 38.0 Å². The summed E-state index contributed by atoms with van der Waals surface area (Å²) in [5.74, 6) is 0.101. The van der Waals surface area contributed by atoms with Crippen LogP contribution in [0.3, 0.4) is 0 Å². The second kappa shape index (κ2) is 4.05. The van der Waals surface area contributed by atoms with Gasteiger partial charge in [0.15, 0.2) is 0 Å². The first-order chi connectivity index (χ1) is 7.24. The zero-order chi connectivity index (χ0) is 10.8. The van der Waals surface area contributed by atoms with E-state index in [4.69, 9.17) is 0 Å². The van der Waals surface area contributed by atoms with Crippen LogP contribution in [0, 0.1) is 6.92 Å². The average Bonchev–Trinajstić information content (AvgIpc) is 2.54. The van der Waals surface area contributed by atoms with Crippen molar-refractivity contribution < 1.29 is 4.79 Å². The van der Waals surface area contributed by atoms with Crippen LogP contribution < -0.4 is 5.32 Å². The molecule has 0 fully saturated rings. The van der Waals surface area contributed by atoms with E-state index in [1.165, 1.54) is 18.4 Å². The van der Waals surface area contributed by atoms with Crippen molar-refractivity contribution in [3.05, 3.63) is 34.9 Å². The van der Waals surface area contributed by atoms with Crippen LogP contribution in [-0.4, -0.2) is 5.91 Å². The summed E-state index contributed by atoms with van der Waals surface area (Å²) in [4.78, 5) is 11.7. The Morgan fingerprint density at radius 1 is 1.40 bits per heavy atom. The molecule has 1 aliphatic heterocycles. The van der Waals surface area contributed by atoms with E-state index in [0.29, 0.717) is 0 Å². The summed E-state index contributed by atoms with van der Waals surface area (Å²) in [7, 11) is 0. The molecule has 0 radical (unpaired) electrons. The molecule has 1 atom stereocenters. The fourth-order valence-electron chi connectivity index (χ4n) is 2.24. The van der Waals surface area contributed by atoms with Crippen molar-refractivity contribution in [2.24, 2.45) is 0 Å². The Hall–Kier alpha value is -1.31. The minimum Gasteiger partial charge on any atom is -0.345 e. The Labute approximate surface area is 90.7 Å². The van der Waals surface area contributed by atoms with E-state index in [2.05, 4.69) is 18.3 Å². The van der Waals surface area contributed by atoms with Crippen LogP contribution in [0.25, 0.3) is 0 Å². The topological polar surface area (TPSA) is 29.1 Å². The quantitative estimate of drug-likeness (QED) is 0.804. The van der Waals surface area contributed by atoms with Gasteiger partial charge in [0.2, 0.25) is 0 Å². The summed E-state index contributed by atoms with van der Waals surface area (Å²) in [6, 6.07) is 6.35. The predicted molar refractivity (Wildman–Crippen MR) is 60.9 cm³/mol. The first-order valence-electron chi connectivity index (χ1n) is 5.64. The number of fused-ring (bicyclic) bond motifs is 1. The van der Waals surface area contributed by atoms with E-state index in [0.717, 1.165) is 17.5 Å². The lowest BCUT2D eigenvalue weighted by Crippen LogP contribution is -2.19. The van der Waals surface area contributed by atoms with E-state index >= 15 is 0 Å². The van der Waals surface area contributed by atoms with Crippen molar-refractivity contribution in [1.82, 2.24) is 5.32 Å². The molecule has 0 saturated carbocycles. The largest absolute Gasteiger partial charge is 0.345 e. The molecule has 1 aromatic carbocycles. The van der Waals surface area contributed by atoms with Crippen LogP contribution in [0.2, 0.25) is 0 Å². The van der Waals surface area contributed by atoms with Crippen molar-refractivity contribution in [3.8, 4) is 0 Å². The molecule has 0 spiro atoms. The molecule has 1 amide bonds. The second-order valence-electron chi connectivity index (χ2n) is 4.21. The maximum atomic E-state index is 11.7. The van der Waals surface area contributed by atoms with E-state index in [1.807, 2.05) is 19.1 Å². The third-order valence-corrected chi connectivity index (χ3v) is 3.06. The number of unbranched alkanes of at least 4 members (excludes halogenated alkanes) is 1. The molecule has 1 heterocycles. The number of carbonyl (C=O) groups excluding carboxylic acids is 1. The van der Waals surface area contributed by atoms with Crippen LogP contribution in [-0.2, 0) is 0 Å². The maximum Gasteiger partial charge on any atom is 0.252 e. The number of hydrogen-bond acceptors (Lipinski definition) is 1. The summed E-state index contributed by atoms with van der Waals surface area (Å²) < 4.78 is 0. The van der Waals surface area contributed by atoms with Crippen LogP contribution in [0.15, 0.2) is 18.2 Å². The Kier molecular flexibility index (Phi) is 2.76. The summed E-state index contributed by atoms with van der Waals surface area (Å²) >= 11 is 0. The molecule has 1 N–H and O–H groups in total. The Morgan fingerprint density at radius 2 is 2.20 bits per heavy atom. The van der Waals surface area contributed by atoms with E-state index in [1.54, 1.807) is 0 Å². The zero-order valence-corrected chi connectivity index (χ0v) is 9.34. The average molecular weight is 203 g/mol. The van der Waals surface area contributed by atoms with Gasteiger partial charge in [0.1, 0.15) is 0 Å². The number of hydrogen-bond donors (Lipinski definition) is 1. The molecule has 0 bridgehead atoms. The molecule has 1 aromatic rings. The van der Waals surface area contributed by atoms with Crippen LogP contribution in [0.1, 0.15) is 53.7 Å². The standard InChI is InChI=1S/C13H17NO/c1-3-4-8-11-10-7-5-6-9(2)12(10)13(15)14-11/h5-7,11H,3-4,8H2,1-2H3,(H,14,15). The van der Waals surface area contributed by atoms with Crippen LogP contribution >= 0.6 is 0 Å². The van der Waals surface area contributed by atoms with Gasteiger partial charge in [0.25, 0.3) is 5.91 Å². The number of aryl methyl sites for hydroxylation is 1. The number of rotatable bonds is 3. The van der Waals surface area contributed by atoms with Gasteiger partial charge in [-0.25, -0.2) is 0 Å². The highest BCUT2D eigenvalue weighted by Crippen LogP contribution is 2.30. The summed E-state index contributed by atoms with van der Waals surface area (Å²) in [5, 5.41) is 3.06. The molecular weight excluding hydrogens is 186 g/mol. The van der Waals surface area contributed by atoms with Gasteiger partial charge < -0.3 is 5.32 Å². The molecule has 2 heteroatoms. The maximum absolute atomic E-state index is 11.7. The summed E-state index contributed by atoms with van der Waals surface area (Å²) in [5.41, 5.74) is 3.18. The van der Waals surface area contributed by atoms with Crippen molar-refractivity contribution in [2.45, 2.75) is 39.2 Å². The van der Waals surface area contributed by atoms with Crippen molar-refractivity contribution in [3.63, 3.8) is 0 Å².